The van der Waals surface area contributed by atoms with Crippen LogP contribution in [0.25, 0.3) is 0 Å². The lowest BCUT2D eigenvalue weighted by Crippen LogP contribution is -2.26. The molecular formula is C16H25NO2S. The number of aliphatic hydroxyl groups is 1. The van der Waals surface area contributed by atoms with Gasteiger partial charge >= 0.3 is 0 Å². The largest absolute Gasteiger partial charge is 0.396 e. The Kier molecular flexibility index (Phi) is 9.16. The maximum Gasteiger partial charge on any atom is 0.230 e. The van der Waals surface area contributed by atoms with Crippen LogP contribution in [-0.2, 0) is 10.5 Å². The molecule has 1 aromatic carbocycles. The first kappa shape index (κ1) is 17.1. The van der Waals surface area contributed by atoms with Gasteiger partial charge in [0.1, 0.15) is 0 Å². The van der Waals surface area contributed by atoms with E-state index < -0.39 is 0 Å². The minimum Gasteiger partial charge on any atom is -0.396 e. The molecule has 0 fully saturated rings. The van der Waals surface area contributed by atoms with E-state index in [4.69, 9.17) is 5.11 Å². The molecule has 0 saturated heterocycles. The van der Waals surface area contributed by atoms with Gasteiger partial charge in [-0.25, -0.2) is 0 Å². The van der Waals surface area contributed by atoms with Crippen molar-refractivity contribution in [2.75, 3.05) is 18.9 Å². The molecule has 0 atom stereocenters. The van der Waals surface area contributed by atoms with Gasteiger partial charge in [-0.3, -0.25) is 4.79 Å². The summed E-state index contributed by atoms with van der Waals surface area (Å²) in [5, 5.41) is 11.6. The fourth-order valence-corrected chi connectivity index (χ4v) is 2.74. The lowest BCUT2D eigenvalue weighted by molar-refractivity contribution is -0.118. The minimum atomic E-state index is 0.116. The van der Waals surface area contributed by atoms with Crippen LogP contribution in [0.2, 0.25) is 0 Å². The Morgan fingerprint density at radius 3 is 2.80 bits per heavy atom. The van der Waals surface area contributed by atoms with Gasteiger partial charge in [-0.1, -0.05) is 42.7 Å². The van der Waals surface area contributed by atoms with E-state index in [-0.39, 0.29) is 12.5 Å². The van der Waals surface area contributed by atoms with Crippen molar-refractivity contribution in [2.24, 2.45) is 0 Å². The van der Waals surface area contributed by atoms with Gasteiger partial charge in [-0.2, -0.15) is 0 Å². The smallest absolute Gasteiger partial charge is 0.230 e. The number of thioether (sulfide) groups is 1. The highest BCUT2D eigenvalue weighted by Gasteiger charge is 2.01. The molecule has 0 radical (unpaired) electrons. The van der Waals surface area contributed by atoms with Crippen molar-refractivity contribution in [3.05, 3.63) is 35.4 Å². The molecule has 112 valence electrons. The van der Waals surface area contributed by atoms with Gasteiger partial charge < -0.3 is 10.4 Å². The normalized spacial score (nSPS) is 10.5. The van der Waals surface area contributed by atoms with Crippen LogP contribution in [0.1, 0.15) is 36.8 Å². The van der Waals surface area contributed by atoms with Crippen molar-refractivity contribution in [3.8, 4) is 0 Å². The zero-order valence-corrected chi connectivity index (χ0v) is 13.0. The molecule has 0 aliphatic rings. The SMILES string of the molecule is Cc1cccc(CSCC(=O)NCCCCCCO)c1. The second kappa shape index (κ2) is 10.7. The summed E-state index contributed by atoms with van der Waals surface area (Å²) < 4.78 is 0. The molecule has 1 aromatic rings. The van der Waals surface area contributed by atoms with Gasteiger partial charge in [0.25, 0.3) is 0 Å². The van der Waals surface area contributed by atoms with Crippen LogP contribution >= 0.6 is 11.8 Å². The summed E-state index contributed by atoms with van der Waals surface area (Å²) in [5.41, 5.74) is 2.53. The number of nitrogens with one attached hydrogen (secondary N) is 1. The van der Waals surface area contributed by atoms with E-state index in [1.54, 1.807) is 11.8 Å². The second-order valence-corrected chi connectivity index (χ2v) is 5.96. The minimum absolute atomic E-state index is 0.116. The molecule has 20 heavy (non-hydrogen) atoms. The Bertz CT molecular complexity index is 396. The Morgan fingerprint density at radius 1 is 1.25 bits per heavy atom. The molecular weight excluding hydrogens is 270 g/mol. The highest BCUT2D eigenvalue weighted by Crippen LogP contribution is 2.13. The molecule has 0 aliphatic carbocycles. The first-order valence-electron chi connectivity index (χ1n) is 7.23. The highest BCUT2D eigenvalue weighted by atomic mass is 32.2. The Morgan fingerprint density at radius 2 is 2.05 bits per heavy atom. The molecule has 0 aromatic heterocycles. The first-order chi connectivity index (χ1) is 9.72. The second-order valence-electron chi connectivity index (χ2n) is 4.97. The van der Waals surface area contributed by atoms with Gasteiger partial charge in [-0.15, -0.1) is 11.8 Å². The predicted molar refractivity (Wildman–Crippen MR) is 85.9 cm³/mol. The number of carbonyl (C=O) groups is 1. The molecule has 0 spiro atoms. The van der Waals surface area contributed by atoms with E-state index in [2.05, 4.69) is 36.5 Å². The van der Waals surface area contributed by atoms with E-state index in [1.165, 1.54) is 11.1 Å². The number of benzene rings is 1. The molecule has 0 bridgehead atoms. The Hall–Kier alpha value is -1.00. The van der Waals surface area contributed by atoms with Crippen LogP contribution in [0, 0.1) is 6.92 Å². The van der Waals surface area contributed by atoms with E-state index in [1.807, 2.05) is 0 Å². The number of hydrogen-bond donors (Lipinski definition) is 2. The monoisotopic (exact) mass is 295 g/mol. The van der Waals surface area contributed by atoms with Crippen molar-refractivity contribution in [1.82, 2.24) is 5.32 Å². The van der Waals surface area contributed by atoms with E-state index in [0.29, 0.717) is 5.75 Å². The predicted octanol–water partition coefficient (Wildman–Crippen LogP) is 2.90. The zero-order valence-electron chi connectivity index (χ0n) is 12.2. The summed E-state index contributed by atoms with van der Waals surface area (Å²) in [5.74, 6) is 1.51. The van der Waals surface area contributed by atoms with E-state index in [0.717, 1.165) is 38.0 Å². The number of carbonyl (C=O) groups excluding carboxylic acids is 1. The average molecular weight is 295 g/mol. The number of amides is 1. The molecule has 2 N–H and O–H groups in total. The molecule has 0 heterocycles. The third-order valence-electron chi connectivity index (χ3n) is 2.99. The summed E-state index contributed by atoms with van der Waals surface area (Å²) >= 11 is 1.65. The van der Waals surface area contributed by atoms with Gasteiger partial charge in [0.15, 0.2) is 0 Å². The standard InChI is InChI=1S/C16H25NO2S/c1-14-7-6-8-15(11-14)12-20-13-16(19)17-9-4-2-3-5-10-18/h6-8,11,18H,2-5,9-10,12-13H2,1H3,(H,17,19). The fourth-order valence-electron chi connectivity index (χ4n) is 1.93. The molecule has 1 rings (SSSR count). The van der Waals surface area contributed by atoms with Crippen molar-refractivity contribution in [2.45, 2.75) is 38.4 Å². The third kappa shape index (κ3) is 8.23. The van der Waals surface area contributed by atoms with Crippen LogP contribution in [-0.4, -0.2) is 29.9 Å². The summed E-state index contributed by atoms with van der Waals surface area (Å²) in [4.78, 5) is 11.6. The average Bonchev–Trinajstić information content (AvgIpc) is 2.43. The van der Waals surface area contributed by atoms with Crippen molar-refractivity contribution < 1.29 is 9.90 Å². The topological polar surface area (TPSA) is 49.3 Å². The first-order valence-corrected chi connectivity index (χ1v) is 8.38. The number of aryl methyl sites for hydroxylation is 1. The van der Waals surface area contributed by atoms with E-state index in [9.17, 15) is 4.79 Å². The van der Waals surface area contributed by atoms with Gasteiger partial charge in [0, 0.05) is 18.9 Å². The van der Waals surface area contributed by atoms with Gasteiger partial charge in [-0.05, 0) is 25.3 Å². The Balaban J connectivity index is 2.03. The number of hydrogen-bond acceptors (Lipinski definition) is 3. The quantitative estimate of drug-likeness (QED) is 0.653. The maximum absolute atomic E-state index is 11.6. The molecule has 3 nitrogen and oxygen atoms in total. The lowest BCUT2D eigenvalue weighted by Gasteiger charge is -2.05. The summed E-state index contributed by atoms with van der Waals surface area (Å²) in [6, 6.07) is 8.39. The molecule has 1 amide bonds. The maximum atomic E-state index is 11.6. The number of aliphatic hydroxyl groups excluding tert-OH is 1. The van der Waals surface area contributed by atoms with Crippen LogP contribution in [0.5, 0.6) is 0 Å². The van der Waals surface area contributed by atoms with Gasteiger partial charge in [0.2, 0.25) is 5.91 Å². The molecule has 0 unspecified atom stereocenters. The number of unbranched alkanes of at least 4 members (excludes halogenated alkanes) is 3. The van der Waals surface area contributed by atoms with Crippen molar-refractivity contribution >= 4 is 17.7 Å². The fraction of sp³-hybridized carbons (Fsp3) is 0.562. The molecule has 0 aliphatic heterocycles. The lowest BCUT2D eigenvalue weighted by atomic mass is 10.2. The van der Waals surface area contributed by atoms with Crippen LogP contribution in [0.15, 0.2) is 24.3 Å². The van der Waals surface area contributed by atoms with Gasteiger partial charge in [0.05, 0.1) is 5.75 Å². The van der Waals surface area contributed by atoms with E-state index >= 15 is 0 Å². The highest BCUT2D eigenvalue weighted by molar-refractivity contribution is 7.99. The van der Waals surface area contributed by atoms with Crippen LogP contribution in [0.3, 0.4) is 0 Å². The number of rotatable bonds is 10. The van der Waals surface area contributed by atoms with Crippen LogP contribution in [0.4, 0.5) is 0 Å². The zero-order chi connectivity index (χ0) is 14.6. The Labute approximate surface area is 126 Å². The summed E-state index contributed by atoms with van der Waals surface area (Å²) in [7, 11) is 0. The summed E-state index contributed by atoms with van der Waals surface area (Å²) in [6.45, 7) is 3.09. The summed E-state index contributed by atoms with van der Waals surface area (Å²) in [6.07, 6.45) is 3.96. The van der Waals surface area contributed by atoms with Crippen molar-refractivity contribution in [3.63, 3.8) is 0 Å². The molecule has 0 saturated carbocycles. The molecule has 4 heteroatoms. The van der Waals surface area contributed by atoms with Crippen LogP contribution < -0.4 is 5.32 Å². The third-order valence-corrected chi connectivity index (χ3v) is 4.00. The van der Waals surface area contributed by atoms with Crippen molar-refractivity contribution in [1.29, 1.82) is 0 Å².